The molecule has 0 saturated heterocycles. The zero-order chi connectivity index (χ0) is 31.7. The van der Waals surface area contributed by atoms with Gasteiger partial charge in [0, 0.05) is 23.1 Å². The lowest BCUT2D eigenvalue weighted by atomic mass is 9.78. The van der Waals surface area contributed by atoms with Crippen LogP contribution in [-0.4, -0.2) is 5.78 Å². The molecule has 1 aliphatic rings. The van der Waals surface area contributed by atoms with E-state index >= 15 is 0 Å². The lowest BCUT2D eigenvalue weighted by molar-refractivity contribution is 0.0977. The molecular formula is C45H35NO. The van der Waals surface area contributed by atoms with Crippen LogP contribution in [0.25, 0.3) is 10.8 Å². The Bertz CT molecular complexity index is 2110. The largest absolute Gasteiger partial charge is 0.371 e. The fraction of sp³-hybridized carbons (Fsp3) is 0.0889. The number of hydrogen-bond donors (Lipinski definition) is 1. The summed E-state index contributed by atoms with van der Waals surface area (Å²) in [6.45, 7) is 2.18. The first-order chi connectivity index (χ1) is 23.2. The summed E-state index contributed by atoms with van der Waals surface area (Å²) in [4.78, 5) is 14.1. The van der Waals surface area contributed by atoms with Gasteiger partial charge in [-0.3, -0.25) is 4.79 Å². The van der Waals surface area contributed by atoms with Gasteiger partial charge in [0.15, 0.2) is 5.78 Å². The van der Waals surface area contributed by atoms with Crippen LogP contribution >= 0.6 is 0 Å². The third-order valence-corrected chi connectivity index (χ3v) is 9.63. The fourth-order valence-corrected chi connectivity index (χ4v) is 7.55. The average molecular weight is 606 g/mol. The third kappa shape index (κ3) is 5.22. The molecule has 1 N–H and O–H groups in total. The van der Waals surface area contributed by atoms with Crippen molar-refractivity contribution in [3.05, 3.63) is 220 Å². The molecule has 0 fully saturated rings. The fourth-order valence-electron chi connectivity index (χ4n) is 7.55. The van der Waals surface area contributed by atoms with Crippen molar-refractivity contribution >= 4 is 22.2 Å². The van der Waals surface area contributed by atoms with Crippen LogP contribution in [0.5, 0.6) is 0 Å². The van der Waals surface area contributed by atoms with Gasteiger partial charge in [-0.1, -0.05) is 170 Å². The normalized spacial score (nSPS) is 13.9. The number of hydrogen-bond acceptors (Lipinski definition) is 2. The van der Waals surface area contributed by atoms with Gasteiger partial charge in [-0.2, -0.15) is 0 Å². The standard InChI is InChI=1S/C45H35NO/c1-30-28-36(40(31-16-6-2-7-17-31)32-18-8-3-9-19-32)29-39(41(33-20-10-4-11-21-33)34-22-12-5-13-23-34)43(30)46-44-37-26-14-24-35-25-15-27-38(42(35)37)45(44)47/h2-29,40-41,44,46H,1H3. The van der Waals surface area contributed by atoms with E-state index in [1.165, 1.54) is 27.8 Å². The number of carbonyl (C=O) groups is 1. The van der Waals surface area contributed by atoms with Crippen molar-refractivity contribution in [2.24, 2.45) is 0 Å². The minimum absolute atomic E-state index is 0.0437. The van der Waals surface area contributed by atoms with Gasteiger partial charge in [0.1, 0.15) is 6.04 Å². The Morgan fingerprint density at radius 1 is 0.511 bits per heavy atom. The number of carbonyl (C=O) groups excluding carboxylic acids is 1. The van der Waals surface area contributed by atoms with Crippen molar-refractivity contribution in [3.63, 3.8) is 0 Å². The summed E-state index contributed by atoms with van der Waals surface area (Å²) in [6.07, 6.45) is 0. The van der Waals surface area contributed by atoms with E-state index in [2.05, 4.69) is 170 Å². The van der Waals surface area contributed by atoms with Gasteiger partial charge in [0.05, 0.1) is 0 Å². The van der Waals surface area contributed by atoms with Gasteiger partial charge < -0.3 is 5.32 Å². The number of aryl methyl sites for hydroxylation is 1. The first-order valence-electron chi connectivity index (χ1n) is 16.3. The van der Waals surface area contributed by atoms with Crippen molar-refractivity contribution < 1.29 is 4.79 Å². The maximum absolute atomic E-state index is 14.1. The number of anilines is 1. The molecule has 8 rings (SSSR count). The molecule has 1 atom stereocenters. The van der Waals surface area contributed by atoms with E-state index in [0.29, 0.717) is 0 Å². The Kier molecular flexibility index (Phi) is 7.47. The quantitative estimate of drug-likeness (QED) is 0.175. The van der Waals surface area contributed by atoms with Crippen molar-refractivity contribution in [1.29, 1.82) is 0 Å². The van der Waals surface area contributed by atoms with E-state index in [-0.39, 0.29) is 17.6 Å². The van der Waals surface area contributed by atoms with E-state index in [4.69, 9.17) is 0 Å². The Morgan fingerprint density at radius 2 is 1.00 bits per heavy atom. The first kappa shape index (κ1) is 28.7. The molecule has 0 amide bonds. The first-order valence-corrected chi connectivity index (χ1v) is 16.3. The van der Waals surface area contributed by atoms with Gasteiger partial charge in [-0.25, -0.2) is 0 Å². The maximum Gasteiger partial charge on any atom is 0.190 e. The molecule has 0 radical (unpaired) electrons. The average Bonchev–Trinajstić information content (AvgIpc) is 3.40. The molecule has 2 heteroatoms. The van der Waals surface area contributed by atoms with E-state index in [0.717, 1.165) is 38.7 Å². The molecule has 0 aromatic heterocycles. The molecule has 0 spiro atoms. The molecule has 0 aliphatic heterocycles. The number of nitrogens with one attached hydrogen (secondary N) is 1. The van der Waals surface area contributed by atoms with Gasteiger partial charge in [0.2, 0.25) is 0 Å². The van der Waals surface area contributed by atoms with Gasteiger partial charge in [-0.05, 0) is 62.2 Å². The number of Topliss-reactive ketones (excluding diaryl/α,β-unsaturated/α-hetero) is 1. The Labute approximate surface area is 276 Å². The second kappa shape index (κ2) is 12.2. The SMILES string of the molecule is Cc1cc(C(c2ccccc2)c2ccccc2)cc(C(c2ccccc2)c2ccccc2)c1NC1C(=O)c2cccc3cccc1c23. The van der Waals surface area contributed by atoms with Gasteiger partial charge >= 0.3 is 0 Å². The Balaban J connectivity index is 1.36. The summed E-state index contributed by atoms with van der Waals surface area (Å²) in [5.41, 5.74) is 11.2. The van der Waals surface area contributed by atoms with Crippen LogP contribution in [0, 0.1) is 6.92 Å². The number of rotatable bonds is 8. The summed E-state index contributed by atoms with van der Waals surface area (Å²) >= 11 is 0. The predicted molar refractivity (Wildman–Crippen MR) is 193 cm³/mol. The van der Waals surface area contributed by atoms with E-state index in [1.54, 1.807) is 0 Å². The van der Waals surface area contributed by atoms with Crippen LogP contribution in [0.15, 0.2) is 170 Å². The minimum atomic E-state index is -0.467. The topological polar surface area (TPSA) is 29.1 Å². The minimum Gasteiger partial charge on any atom is -0.371 e. The van der Waals surface area contributed by atoms with Crippen molar-refractivity contribution in [2.45, 2.75) is 24.8 Å². The van der Waals surface area contributed by atoms with Crippen LogP contribution < -0.4 is 5.32 Å². The smallest absolute Gasteiger partial charge is 0.190 e. The zero-order valence-electron chi connectivity index (χ0n) is 26.3. The van der Waals surface area contributed by atoms with Crippen LogP contribution in [0.3, 0.4) is 0 Å². The van der Waals surface area contributed by atoms with E-state index in [9.17, 15) is 4.79 Å². The highest BCUT2D eigenvalue weighted by Gasteiger charge is 2.34. The molecule has 7 aromatic carbocycles. The second-order valence-corrected chi connectivity index (χ2v) is 12.5. The summed E-state index contributed by atoms with van der Waals surface area (Å²) in [6, 6.07) is 59.5. The highest BCUT2D eigenvalue weighted by atomic mass is 16.1. The third-order valence-electron chi connectivity index (χ3n) is 9.63. The summed E-state index contributed by atoms with van der Waals surface area (Å²) in [5, 5.41) is 6.01. The Hall–Kier alpha value is -5.73. The number of ketones is 1. The van der Waals surface area contributed by atoms with E-state index in [1.807, 2.05) is 12.1 Å². The molecule has 0 heterocycles. The molecule has 7 aromatic rings. The lowest BCUT2D eigenvalue weighted by Crippen LogP contribution is -2.20. The summed E-state index contributed by atoms with van der Waals surface area (Å²) in [7, 11) is 0. The van der Waals surface area contributed by atoms with Gasteiger partial charge in [0.25, 0.3) is 0 Å². The second-order valence-electron chi connectivity index (χ2n) is 12.5. The van der Waals surface area contributed by atoms with Crippen LogP contribution in [0.1, 0.15) is 72.7 Å². The molecule has 226 valence electrons. The van der Waals surface area contributed by atoms with Crippen LogP contribution in [0.2, 0.25) is 0 Å². The number of benzene rings is 7. The van der Waals surface area contributed by atoms with Crippen LogP contribution in [0.4, 0.5) is 5.69 Å². The molecular weight excluding hydrogens is 571 g/mol. The highest BCUT2D eigenvalue weighted by Crippen LogP contribution is 2.45. The predicted octanol–water partition coefficient (Wildman–Crippen LogP) is 10.9. The maximum atomic E-state index is 14.1. The van der Waals surface area contributed by atoms with E-state index < -0.39 is 6.04 Å². The molecule has 1 aliphatic carbocycles. The summed E-state index contributed by atoms with van der Waals surface area (Å²) in [5.74, 6) is 0.108. The molecule has 47 heavy (non-hydrogen) atoms. The molecule has 1 unspecified atom stereocenters. The Morgan fingerprint density at radius 3 is 1.53 bits per heavy atom. The summed E-state index contributed by atoms with van der Waals surface area (Å²) < 4.78 is 0. The van der Waals surface area contributed by atoms with Crippen molar-refractivity contribution in [3.8, 4) is 0 Å². The molecule has 0 bridgehead atoms. The molecule has 0 saturated carbocycles. The van der Waals surface area contributed by atoms with Crippen molar-refractivity contribution in [1.82, 2.24) is 0 Å². The monoisotopic (exact) mass is 605 g/mol. The lowest BCUT2D eigenvalue weighted by Gasteiger charge is -2.29. The highest BCUT2D eigenvalue weighted by molar-refractivity contribution is 6.18. The molecule has 2 nitrogen and oxygen atoms in total. The van der Waals surface area contributed by atoms with Gasteiger partial charge in [-0.15, -0.1) is 0 Å². The van der Waals surface area contributed by atoms with Crippen molar-refractivity contribution in [2.75, 3.05) is 5.32 Å². The zero-order valence-corrected chi connectivity index (χ0v) is 26.3. The van der Waals surface area contributed by atoms with Crippen LogP contribution in [-0.2, 0) is 0 Å².